The van der Waals surface area contributed by atoms with Crippen LogP contribution in [0.25, 0.3) is 0 Å². The van der Waals surface area contributed by atoms with Gasteiger partial charge in [0.25, 0.3) is 0 Å². The molecule has 0 spiro atoms. The van der Waals surface area contributed by atoms with E-state index in [2.05, 4.69) is 0 Å². The van der Waals surface area contributed by atoms with Gasteiger partial charge in [0.15, 0.2) is 0 Å². The molecule has 4 nitrogen and oxygen atoms in total. The minimum absolute atomic E-state index is 0. The van der Waals surface area contributed by atoms with Crippen molar-refractivity contribution in [3.63, 3.8) is 0 Å². The van der Waals surface area contributed by atoms with Crippen molar-refractivity contribution in [3.05, 3.63) is 10.4 Å². The summed E-state index contributed by atoms with van der Waals surface area (Å²) < 4.78 is 0. The molecule has 6 heteroatoms. The molecule has 0 aromatic carbocycles. The molecule has 0 rings (SSSR count). The summed E-state index contributed by atoms with van der Waals surface area (Å²) in [5, 5.41) is 19.9. The van der Waals surface area contributed by atoms with Crippen LogP contribution < -0.4 is 70.1 Å². The fraction of sp³-hybridized carbons (Fsp3) is 1.00. The number of rotatable bonds is 13. The van der Waals surface area contributed by atoms with Gasteiger partial charge in [0.2, 0.25) is 0 Å². The van der Waals surface area contributed by atoms with E-state index in [0.29, 0.717) is 13.1 Å². The van der Waals surface area contributed by atoms with E-state index < -0.39 is 0 Å². The molecule has 0 atom stereocenters. The molecule has 0 aliphatic heterocycles. The monoisotopic (exact) mass is 276 g/mol. The van der Waals surface area contributed by atoms with Crippen molar-refractivity contribution < 1.29 is 59.1 Å². The van der Waals surface area contributed by atoms with Crippen LogP contribution in [0.15, 0.2) is 0 Å². The van der Waals surface area contributed by atoms with Crippen LogP contribution in [0.4, 0.5) is 0 Å². The minimum Gasteiger partial charge on any atom is -0.788 e. The van der Waals surface area contributed by atoms with Crippen molar-refractivity contribution >= 4 is 0 Å². The number of hydroxylamine groups is 2. The third kappa shape index (κ3) is 23.0. The molecule has 0 saturated heterocycles. The Morgan fingerprint density at radius 1 is 0.444 bits per heavy atom. The summed E-state index contributed by atoms with van der Waals surface area (Å²) in [6.45, 7) is 1.21. The van der Waals surface area contributed by atoms with Crippen molar-refractivity contribution in [1.82, 2.24) is 11.0 Å². The molecular formula is C12H26N2Na2O2. The van der Waals surface area contributed by atoms with Crippen LogP contribution in [-0.2, 0) is 0 Å². The number of hydrogen-bond acceptors (Lipinski definition) is 4. The predicted molar refractivity (Wildman–Crippen MR) is 68.9 cm³/mol. The molecule has 0 fully saturated rings. The van der Waals surface area contributed by atoms with Gasteiger partial charge in [-0.15, -0.1) is 0 Å². The van der Waals surface area contributed by atoms with Crippen LogP contribution >= 0.6 is 0 Å². The second-order valence-corrected chi connectivity index (χ2v) is 4.32. The van der Waals surface area contributed by atoms with Crippen molar-refractivity contribution in [2.45, 2.75) is 64.2 Å². The Morgan fingerprint density at radius 2 is 0.667 bits per heavy atom. The van der Waals surface area contributed by atoms with E-state index in [-0.39, 0.29) is 59.1 Å². The molecule has 18 heavy (non-hydrogen) atoms. The van der Waals surface area contributed by atoms with Gasteiger partial charge in [-0.3, -0.25) is 0 Å². The van der Waals surface area contributed by atoms with Gasteiger partial charge in [-0.1, -0.05) is 51.4 Å². The first kappa shape index (κ1) is 24.8. The predicted octanol–water partition coefficient (Wildman–Crippen LogP) is -2.93. The maximum Gasteiger partial charge on any atom is 1.00 e. The first-order chi connectivity index (χ1) is 7.91. The van der Waals surface area contributed by atoms with E-state index in [0.717, 1.165) is 12.8 Å². The second-order valence-electron chi connectivity index (χ2n) is 4.32. The zero-order valence-corrected chi connectivity index (χ0v) is 16.3. The smallest absolute Gasteiger partial charge is 0.788 e. The van der Waals surface area contributed by atoms with Crippen LogP contribution in [0.3, 0.4) is 0 Å². The Labute approximate surface area is 156 Å². The molecule has 0 heterocycles. The average Bonchev–Trinajstić information content (AvgIpc) is 2.31. The average molecular weight is 276 g/mol. The molecule has 0 radical (unpaired) electrons. The Balaban J connectivity index is -0.00000112. The van der Waals surface area contributed by atoms with E-state index in [1.807, 2.05) is 11.0 Å². The van der Waals surface area contributed by atoms with Gasteiger partial charge in [-0.2, -0.15) is 0 Å². The molecule has 0 aromatic rings. The third-order valence-electron chi connectivity index (χ3n) is 2.81. The molecule has 0 aromatic heterocycles. The van der Waals surface area contributed by atoms with Gasteiger partial charge in [-0.25, -0.2) is 0 Å². The van der Waals surface area contributed by atoms with Gasteiger partial charge in [0, 0.05) is 0 Å². The first-order valence-corrected chi connectivity index (χ1v) is 6.62. The van der Waals surface area contributed by atoms with Crippen molar-refractivity contribution in [2.75, 3.05) is 13.1 Å². The summed E-state index contributed by atoms with van der Waals surface area (Å²) >= 11 is 0. The van der Waals surface area contributed by atoms with E-state index in [1.54, 1.807) is 0 Å². The van der Waals surface area contributed by atoms with Crippen LogP contribution in [0.1, 0.15) is 64.2 Å². The molecule has 0 saturated carbocycles. The van der Waals surface area contributed by atoms with Crippen LogP contribution in [0.2, 0.25) is 0 Å². The molecule has 0 amide bonds. The number of nitrogens with one attached hydrogen (secondary N) is 2. The summed E-state index contributed by atoms with van der Waals surface area (Å²) in [5.74, 6) is 0. The third-order valence-corrected chi connectivity index (χ3v) is 2.81. The quantitative estimate of drug-likeness (QED) is 0.215. The largest absolute Gasteiger partial charge is 1.00 e. The van der Waals surface area contributed by atoms with Crippen molar-refractivity contribution in [3.8, 4) is 0 Å². The van der Waals surface area contributed by atoms with E-state index >= 15 is 0 Å². The summed E-state index contributed by atoms with van der Waals surface area (Å²) in [5.41, 5.74) is 3.85. The fourth-order valence-electron chi connectivity index (χ4n) is 1.81. The summed E-state index contributed by atoms with van der Waals surface area (Å²) in [7, 11) is 0. The Hall–Kier alpha value is 1.84. The van der Waals surface area contributed by atoms with E-state index in [1.165, 1.54) is 51.4 Å². The Bertz CT molecular complexity index is 119. The van der Waals surface area contributed by atoms with Gasteiger partial charge >= 0.3 is 59.1 Å². The molecule has 0 bridgehead atoms. The summed E-state index contributed by atoms with van der Waals surface area (Å²) in [6, 6.07) is 0. The topological polar surface area (TPSA) is 70.2 Å². The Morgan fingerprint density at radius 3 is 0.889 bits per heavy atom. The molecule has 0 unspecified atom stereocenters. The second kappa shape index (κ2) is 23.9. The van der Waals surface area contributed by atoms with Crippen LogP contribution in [0.5, 0.6) is 0 Å². The Kier molecular flexibility index (Phi) is 33.0. The maximum atomic E-state index is 9.94. The van der Waals surface area contributed by atoms with Gasteiger partial charge in [-0.05, 0) is 25.9 Å². The van der Waals surface area contributed by atoms with Gasteiger partial charge in [0.05, 0.1) is 0 Å². The molecule has 0 aliphatic rings. The zero-order valence-electron chi connectivity index (χ0n) is 12.3. The summed E-state index contributed by atoms with van der Waals surface area (Å²) in [6.07, 6.45) is 12.1. The number of hydrogen-bond donors (Lipinski definition) is 2. The fourth-order valence-corrected chi connectivity index (χ4v) is 1.81. The van der Waals surface area contributed by atoms with Crippen molar-refractivity contribution in [2.24, 2.45) is 0 Å². The van der Waals surface area contributed by atoms with Gasteiger partial charge in [0.1, 0.15) is 0 Å². The summed E-state index contributed by atoms with van der Waals surface area (Å²) in [4.78, 5) is 0. The van der Waals surface area contributed by atoms with Crippen LogP contribution in [-0.4, -0.2) is 13.1 Å². The molecule has 2 N–H and O–H groups in total. The van der Waals surface area contributed by atoms with Crippen LogP contribution in [0, 0.1) is 10.4 Å². The van der Waals surface area contributed by atoms with Gasteiger partial charge < -0.3 is 21.4 Å². The SMILES string of the molecule is [Na+].[Na+].[O-]NCCCCCCCCCCCCN[O-]. The number of unbranched alkanes of at least 4 members (excludes halogenated alkanes) is 9. The van der Waals surface area contributed by atoms with E-state index in [9.17, 15) is 10.4 Å². The normalized spacial score (nSPS) is 9.67. The molecular weight excluding hydrogens is 250 g/mol. The van der Waals surface area contributed by atoms with Crippen molar-refractivity contribution in [1.29, 1.82) is 0 Å². The molecule has 98 valence electrons. The zero-order chi connectivity index (χ0) is 11.9. The standard InChI is InChI=1S/C12H26N2O2.2Na/c15-13-11-9-7-5-3-1-2-4-6-8-10-12-14-16;;/h13-14H,1-12H2;;/q-2;2*+1. The molecule has 0 aliphatic carbocycles. The first-order valence-electron chi connectivity index (χ1n) is 6.62. The van der Waals surface area contributed by atoms with E-state index in [4.69, 9.17) is 0 Å². The maximum absolute atomic E-state index is 9.94. The minimum atomic E-state index is 0.